The fraction of sp³-hybridized carbons (Fsp3) is 0.786. The van der Waals surface area contributed by atoms with Gasteiger partial charge in [-0.25, -0.2) is 9.59 Å². The number of allylic oxidation sites excluding steroid dienone is 2. The molecule has 0 aromatic carbocycles. The van der Waals surface area contributed by atoms with Gasteiger partial charge < -0.3 is 25.4 Å². The Bertz CT molecular complexity index is 739. The Morgan fingerprint density at radius 2 is 1.84 bits per heavy atom. The van der Waals surface area contributed by atoms with Crippen LogP contribution in [0.4, 0.5) is 4.79 Å². The van der Waals surface area contributed by atoms with E-state index in [1.807, 2.05) is 26.0 Å². The monoisotopic (exact) mass is 523 g/mol. The molecule has 212 valence electrons. The lowest BCUT2D eigenvalue weighted by atomic mass is 9.94. The van der Waals surface area contributed by atoms with E-state index in [0.717, 1.165) is 25.7 Å². The van der Waals surface area contributed by atoms with Gasteiger partial charge in [0, 0.05) is 13.0 Å². The Morgan fingerprint density at radius 3 is 2.49 bits per heavy atom. The van der Waals surface area contributed by atoms with Crippen LogP contribution in [-0.4, -0.2) is 55.7 Å². The third kappa shape index (κ3) is 13.5. The van der Waals surface area contributed by atoms with Gasteiger partial charge in [-0.15, -0.1) is 0 Å². The average Bonchev–Trinajstić information content (AvgIpc) is 2.85. The van der Waals surface area contributed by atoms with Crippen molar-refractivity contribution in [2.75, 3.05) is 13.7 Å². The van der Waals surface area contributed by atoms with Crippen LogP contribution in [0.25, 0.3) is 0 Å². The molecule has 1 heterocycles. The Kier molecular flexibility index (Phi) is 16.3. The molecule has 3 N–H and O–H groups in total. The number of alkyl carbamates (subject to hydrolysis) is 1. The molecule has 1 aliphatic heterocycles. The standard InChI is InChI=1S/C28H49N3O6/c1-6-8-9-10-13-16-22-17-14-11-12-15-21(25(32)29-5)19-24(27(34)36-7-2)30-26(33)23(18-20(3)4)31-28(35)37-22/h11-12,20-24H,6-10,13-19H2,1-5H3,(H,29,32)(H,30,33)(H,31,35)/t21?,22?,23-,24-/m0/s1. The van der Waals surface area contributed by atoms with Crippen LogP contribution in [-0.2, 0) is 23.9 Å². The van der Waals surface area contributed by atoms with Gasteiger partial charge in [0.1, 0.15) is 18.2 Å². The lowest BCUT2D eigenvalue weighted by Gasteiger charge is -2.26. The Morgan fingerprint density at radius 1 is 1.11 bits per heavy atom. The number of hydrogen-bond donors (Lipinski definition) is 3. The molecule has 9 heteroatoms. The topological polar surface area (TPSA) is 123 Å². The molecule has 0 aliphatic carbocycles. The Balaban J connectivity index is 3.15. The van der Waals surface area contributed by atoms with Crippen LogP contribution >= 0.6 is 0 Å². The maximum absolute atomic E-state index is 13.2. The van der Waals surface area contributed by atoms with Crippen molar-refractivity contribution in [1.29, 1.82) is 0 Å². The van der Waals surface area contributed by atoms with Crippen LogP contribution < -0.4 is 16.0 Å². The molecule has 0 saturated carbocycles. The van der Waals surface area contributed by atoms with E-state index in [2.05, 4.69) is 22.9 Å². The predicted molar refractivity (Wildman–Crippen MR) is 144 cm³/mol. The molecule has 0 bridgehead atoms. The molecule has 9 nitrogen and oxygen atoms in total. The first-order valence-corrected chi connectivity index (χ1v) is 14.0. The van der Waals surface area contributed by atoms with Crippen LogP contribution in [0.15, 0.2) is 12.2 Å². The lowest BCUT2D eigenvalue weighted by Crippen LogP contribution is -2.53. The zero-order chi connectivity index (χ0) is 27.6. The molecule has 0 spiro atoms. The first-order valence-electron chi connectivity index (χ1n) is 14.0. The summed E-state index contributed by atoms with van der Waals surface area (Å²) < 4.78 is 10.9. The summed E-state index contributed by atoms with van der Waals surface area (Å²) in [5.74, 6) is -1.73. The number of hydrogen-bond acceptors (Lipinski definition) is 6. The van der Waals surface area contributed by atoms with Gasteiger partial charge in [-0.05, 0) is 57.8 Å². The van der Waals surface area contributed by atoms with Gasteiger partial charge in [0.15, 0.2) is 0 Å². The molecular weight excluding hydrogens is 474 g/mol. The van der Waals surface area contributed by atoms with Gasteiger partial charge >= 0.3 is 12.1 Å². The molecule has 1 rings (SSSR count). The van der Waals surface area contributed by atoms with Crippen LogP contribution in [0.2, 0.25) is 0 Å². The molecule has 0 aromatic heterocycles. The van der Waals surface area contributed by atoms with E-state index in [4.69, 9.17) is 9.47 Å². The first-order chi connectivity index (χ1) is 17.7. The summed E-state index contributed by atoms with van der Waals surface area (Å²) in [4.78, 5) is 51.4. The molecule has 0 aromatic rings. The van der Waals surface area contributed by atoms with E-state index in [1.165, 1.54) is 12.8 Å². The van der Waals surface area contributed by atoms with E-state index in [-0.39, 0.29) is 31.0 Å². The number of ether oxygens (including phenoxy) is 2. The summed E-state index contributed by atoms with van der Waals surface area (Å²) in [5.41, 5.74) is 0. The number of unbranched alkanes of at least 4 members (excludes halogenated alkanes) is 4. The normalized spacial score (nSPS) is 23.7. The second-order valence-electron chi connectivity index (χ2n) is 10.2. The van der Waals surface area contributed by atoms with Crippen LogP contribution in [0.1, 0.15) is 98.3 Å². The van der Waals surface area contributed by atoms with Crippen LogP contribution in [0.5, 0.6) is 0 Å². The minimum Gasteiger partial charge on any atom is -0.464 e. The molecule has 2 unspecified atom stereocenters. The summed E-state index contributed by atoms with van der Waals surface area (Å²) in [7, 11) is 1.55. The van der Waals surface area contributed by atoms with Crippen molar-refractivity contribution in [3.63, 3.8) is 0 Å². The number of carbonyl (C=O) groups is 4. The second kappa shape index (κ2) is 18.6. The summed E-state index contributed by atoms with van der Waals surface area (Å²) in [6.45, 7) is 7.91. The van der Waals surface area contributed by atoms with Gasteiger partial charge in [-0.2, -0.15) is 0 Å². The minimum atomic E-state index is -1.02. The number of nitrogens with one attached hydrogen (secondary N) is 3. The molecule has 0 saturated heterocycles. The van der Waals surface area contributed by atoms with E-state index in [9.17, 15) is 19.2 Å². The van der Waals surface area contributed by atoms with E-state index < -0.39 is 36.0 Å². The molecular formula is C28H49N3O6. The van der Waals surface area contributed by atoms with Crippen molar-refractivity contribution in [3.8, 4) is 0 Å². The minimum absolute atomic E-state index is 0.0911. The summed E-state index contributed by atoms with van der Waals surface area (Å²) >= 11 is 0. The van der Waals surface area contributed by atoms with Crippen molar-refractivity contribution in [2.24, 2.45) is 11.8 Å². The van der Waals surface area contributed by atoms with Gasteiger partial charge in [0.2, 0.25) is 11.8 Å². The lowest BCUT2D eigenvalue weighted by molar-refractivity contribution is -0.148. The summed E-state index contributed by atoms with van der Waals surface area (Å²) in [5, 5.41) is 8.11. The summed E-state index contributed by atoms with van der Waals surface area (Å²) in [6.07, 6.45) is 11.6. The molecule has 4 atom stereocenters. The van der Waals surface area contributed by atoms with Crippen LogP contribution in [0.3, 0.4) is 0 Å². The highest BCUT2D eigenvalue weighted by Crippen LogP contribution is 2.18. The molecule has 0 fully saturated rings. The molecule has 0 radical (unpaired) electrons. The Hall–Kier alpha value is -2.58. The largest absolute Gasteiger partial charge is 0.464 e. The van der Waals surface area contributed by atoms with Gasteiger partial charge in [-0.1, -0.05) is 58.6 Å². The zero-order valence-corrected chi connectivity index (χ0v) is 23.5. The maximum Gasteiger partial charge on any atom is 0.408 e. The van der Waals surface area contributed by atoms with Crippen molar-refractivity contribution in [3.05, 3.63) is 12.2 Å². The van der Waals surface area contributed by atoms with Gasteiger partial charge in [0.25, 0.3) is 0 Å². The highest BCUT2D eigenvalue weighted by molar-refractivity contribution is 5.90. The number of rotatable bonds is 11. The average molecular weight is 524 g/mol. The second-order valence-corrected chi connectivity index (χ2v) is 10.2. The first kappa shape index (κ1) is 32.4. The SMILES string of the molecule is CCCCCCCC1CCC=CCC(C(=O)NC)C[C@@H](C(=O)OCC)NC(=O)[C@H](CC(C)C)NC(=O)O1. The number of carbonyl (C=O) groups excluding carboxylic acids is 4. The quantitative estimate of drug-likeness (QED) is 0.210. The van der Waals surface area contributed by atoms with E-state index in [0.29, 0.717) is 25.7 Å². The van der Waals surface area contributed by atoms with Crippen molar-refractivity contribution >= 4 is 23.9 Å². The Labute approximate surface area is 222 Å². The highest BCUT2D eigenvalue weighted by Gasteiger charge is 2.32. The third-order valence-electron chi connectivity index (χ3n) is 6.49. The summed E-state index contributed by atoms with van der Waals surface area (Å²) in [6, 6.07) is -1.90. The van der Waals surface area contributed by atoms with Gasteiger partial charge in [0.05, 0.1) is 6.61 Å². The molecule has 1 aliphatic rings. The van der Waals surface area contributed by atoms with E-state index in [1.54, 1.807) is 14.0 Å². The number of cyclic esters (lactones) is 1. The molecule has 37 heavy (non-hydrogen) atoms. The van der Waals surface area contributed by atoms with Crippen molar-refractivity contribution < 1.29 is 28.7 Å². The number of amides is 3. The number of esters is 1. The van der Waals surface area contributed by atoms with Crippen molar-refractivity contribution in [2.45, 2.75) is 117 Å². The van der Waals surface area contributed by atoms with Crippen molar-refractivity contribution in [1.82, 2.24) is 16.0 Å². The molecule has 3 amide bonds. The maximum atomic E-state index is 13.2. The van der Waals surface area contributed by atoms with Gasteiger partial charge in [-0.3, -0.25) is 9.59 Å². The predicted octanol–water partition coefficient (Wildman–Crippen LogP) is 4.40. The van der Waals surface area contributed by atoms with Crippen LogP contribution in [0, 0.1) is 11.8 Å². The zero-order valence-electron chi connectivity index (χ0n) is 23.5. The fourth-order valence-corrected chi connectivity index (χ4v) is 4.46. The highest BCUT2D eigenvalue weighted by atomic mass is 16.6. The smallest absolute Gasteiger partial charge is 0.408 e. The third-order valence-corrected chi connectivity index (χ3v) is 6.49. The van der Waals surface area contributed by atoms with E-state index >= 15 is 0 Å². The fourth-order valence-electron chi connectivity index (χ4n) is 4.46.